The number of aromatic amines is 1. The van der Waals surface area contributed by atoms with Gasteiger partial charge in [-0.05, 0) is 33.2 Å². The molecule has 0 unspecified atom stereocenters. The first kappa shape index (κ1) is 17.1. The van der Waals surface area contributed by atoms with Crippen molar-refractivity contribution in [1.82, 2.24) is 19.8 Å². The number of imidazole rings is 1. The second kappa shape index (κ2) is 7.32. The number of rotatable bonds is 6. The molecule has 124 valence electrons. The van der Waals surface area contributed by atoms with Gasteiger partial charge in [-0.25, -0.2) is 13.8 Å². The van der Waals surface area contributed by atoms with E-state index in [4.69, 9.17) is 0 Å². The Morgan fingerprint density at radius 1 is 1.17 bits per heavy atom. The van der Waals surface area contributed by atoms with Crippen LogP contribution in [0.2, 0.25) is 0 Å². The number of carbonyl (C=O) groups is 1. The van der Waals surface area contributed by atoms with Gasteiger partial charge in [0.05, 0.1) is 18.6 Å². The van der Waals surface area contributed by atoms with Crippen molar-refractivity contribution in [2.45, 2.75) is 13.5 Å². The van der Waals surface area contributed by atoms with Gasteiger partial charge in [0.1, 0.15) is 11.6 Å². The minimum absolute atomic E-state index is 0.00514. The molecule has 1 heterocycles. The molecule has 0 aliphatic carbocycles. The van der Waals surface area contributed by atoms with E-state index in [1.165, 1.54) is 4.90 Å². The fourth-order valence-electron chi connectivity index (χ4n) is 2.16. The number of likely N-dealkylation sites (N-methyl/N-ethyl adjacent to an activating group) is 1. The summed E-state index contributed by atoms with van der Waals surface area (Å²) in [5, 5.41) is 0. The first-order valence-corrected chi connectivity index (χ1v) is 7.25. The molecule has 1 N–H and O–H groups in total. The first-order valence-electron chi connectivity index (χ1n) is 7.25. The fraction of sp³-hybridized carbons (Fsp3) is 0.375. The quantitative estimate of drug-likeness (QED) is 0.887. The molecular formula is C16H20F2N4O. The van der Waals surface area contributed by atoms with Crippen LogP contribution in [0.5, 0.6) is 0 Å². The van der Waals surface area contributed by atoms with Crippen LogP contribution in [-0.2, 0) is 6.54 Å². The predicted molar refractivity (Wildman–Crippen MR) is 83.0 cm³/mol. The third-order valence-corrected chi connectivity index (χ3v) is 3.49. The number of nitrogens with one attached hydrogen (secondary N) is 1. The molecule has 7 heteroatoms. The highest BCUT2D eigenvalue weighted by Crippen LogP contribution is 2.14. The molecular weight excluding hydrogens is 302 g/mol. The average Bonchev–Trinajstić information content (AvgIpc) is 2.86. The maximum Gasteiger partial charge on any atom is 0.254 e. The second-order valence-corrected chi connectivity index (χ2v) is 5.66. The van der Waals surface area contributed by atoms with Gasteiger partial charge in [0.2, 0.25) is 0 Å². The number of H-pyrrole nitrogens is 1. The van der Waals surface area contributed by atoms with Gasteiger partial charge in [0.15, 0.2) is 0 Å². The van der Waals surface area contributed by atoms with E-state index in [0.717, 1.165) is 29.6 Å². The zero-order valence-corrected chi connectivity index (χ0v) is 13.4. The lowest BCUT2D eigenvalue weighted by Crippen LogP contribution is -2.36. The monoisotopic (exact) mass is 322 g/mol. The van der Waals surface area contributed by atoms with E-state index < -0.39 is 17.5 Å². The number of halogens is 2. The Labute approximate surface area is 133 Å². The Balaban J connectivity index is 2.24. The Hall–Kier alpha value is -2.28. The molecule has 0 radical (unpaired) electrons. The summed E-state index contributed by atoms with van der Waals surface area (Å²) < 4.78 is 26.7. The molecule has 2 rings (SSSR count). The number of hydrogen-bond donors (Lipinski definition) is 1. The van der Waals surface area contributed by atoms with Crippen LogP contribution in [0, 0.1) is 18.6 Å². The topological polar surface area (TPSA) is 52.2 Å². The van der Waals surface area contributed by atoms with Crippen LogP contribution in [0.4, 0.5) is 8.78 Å². The summed E-state index contributed by atoms with van der Waals surface area (Å²) in [7, 11) is 3.79. The van der Waals surface area contributed by atoms with E-state index in [9.17, 15) is 13.6 Å². The van der Waals surface area contributed by atoms with Crippen LogP contribution in [0.1, 0.15) is 21.7 Å². The van der Waals surface area contributed by atoms with Crippen molar-refractivity contribution in [3.63, 3.8) is 0 Å². The Bertz CT molecular complexity index is 664. The number of benzene rings is 1. The van der Waals surface area contributed by atoms with Gasteiger partial charge in [-0.3, -0.25) is 4.79 Å². The van der Waals surface area contributed by atoms with Crippen molar-refractivity contribution in [2.75, 3.05) is 27.2 Å². The van der Waals surface area contributed by atoms with E-state index in [-0.39, 0.29) is 12.1 Å². The average molecular weight is 322 g/mol. The predicted octanol–water partition coefficient (Wildman–Crippen LogP) is 2.20. The van der Waals surface area contributed by atoms with Crippen molar-refractivity contribution >= 4 is 5.91 Å². The molecule has 0 aliphatic heterocycles. The largest absolute Gasteiger partial charge is 0.348 e. The first-order chi connectivity index (χ1) is 10.9. The van der Waals surface area contributed by atoms with E-state index >= 15 is 0 Å². The molecule has 0 saturated carbocycles. The molecule has 1 aromatic heterocycles. The lowest BCUT2D eigenvalue weighted by molar-refractivity contribution is 0.0728. The highest BCUT2D eigenvalue weighted by Gasteiger charge is 2.19. The third-order valence-electron chi connectivity index (χ3n) is 3.49. The van der Waals surface area contributed by atoms with Crippen LogP contribution in [-0.4, -0.2) is 52.9 Å². The zero-order chi connectivity index (χ0) is 17.0. The van der Waals surface area contributed by atoms with Crippen molar-refractivity contribution in [1.29, 1.82) is 0 Å². The van der Waals surface area contributed by atoms with Crippen LogP contribution in [0.3, 0.4) is 0 Å². The SMILES string of the molecule is Cc1[nH]cnc1CN(CCN(C)C)C(=O)c1cc(F)cc(F)c1. The summed E-state index contributed by atoms with van der Waals surface area (Å²) in [6.07, 6.45) is 1.56. The number of amides is 1. The lowest BCUT2D eigenvalue weighted by Gasteiger charge is -2.24. The lowest BCUT2D eigenvalue weighted by atomic mass is 10.1. The summed E-state index contributed by atoms with van der Waals surface area (Å²) in [4.78, 5) is 23.2. The van der Waals surface area contributed by atoms with E-state index in [0.29, 0.717) is 13.1 Å². The van der Waals surface area contributed by atoms with Gasteiger partial charge < -0.3 is 14.8 Å². The van der Waals surface area contributed by atoms with Crippen LogP contribution in [0.25, 0.3) is 0 Å². The van der Waals surface area contributed by atoms with E-state index in [1.807, 2.05) is 25.9 Å². The summed E-state index contributed by atoms with van der Waals surface area (Å²) in [6, 6.07) is 2.84. The zero-order valence-electron chi connectivity index (χ0n) is 13.4. The van der Waals surface area contributed by atoms with Gasteiger partial charge in [-0.1, -0.05) is 0 Å². The van der Waals surface area contributed by atoms with E-state index in [2.05, 4.69) is 9.97 Å². The maximum absolute atomic E-state index is 13.4. The molecule has 0 bridgehead atoms. The molecule has 0 spiro atoms. The standard InChI is InChI=1S/C16H20F2N4O/c1-11-15(20-10-19-11)9-22(5-4-21(2)3)16(23)12-6-13(17)8-14(18)7-12/h6-8,10H,4-5,9H2,1-3H3,(H,19,20). The molecule has 0 aliphatic rings. The van der Waals surface area contributed by atoms with Crippen molar-refractivity contribution in [2.24, 2.45) is 0 Å². The number of hydrogen-bond acceptors (Lipinski definition) is 3. The van der Waals surface area contributed by atoms with Crippen molar-refractivity contribution in [3.05, 3.63) is 53.1 Å². The summed E-state index contributed by atoms with van der Waals surface area (Å²) in [5.74, 6) is -1.96. The molecule has 5 nitrogen and oxygen atoms in total. The van der Waals surface area contributed by atoms with Crippen molar-refractivity contribution in [3.8, 4) is 0 Å². The molecule has 0 fully saturated rings. The number of aromatic nitrogens is 2. The van der Waals surface area contributed by atoms with Crippen LogP contribution in [0.15, 0.2) is 24.5 Å². The highest BCUT2D eigenvalue weighted by molar-refractivity contribution is 5.94. The van der Waals surface area contributed by atoms with Crippen molar-refractivity contribution < 1.29 is 13.6 Å². The third kappa shape index (κ3) is 4.59. The minimum Gasteiger partial charge on any atom is -0.348 e. The number of carbonyl (C=O) groups excluding carboxylic acids is 1. The second-order valence-electron chi connectivity index (χ2n) is 5.66. The normalized spacial score (nSPS) is 11.0. The maximum atomic E-state index is 13.4. The molecule has 0 atom stereocenters. The molecule has 1 aromatic carbocycles. The van der Waals surface area contributed by atoms with Gasteiger partial charge in [0, 0.05) is 30.4 Å². The highest BCUT2D eigenvalue weighted by atomic mass is 19.1. The summed E-state index contributed by atoms with van der Waals surface area (Å²) in [5.41, 5.74) is 1.58. The van der Waals surface area contributed by atoms with Crippen LogP contribution < -0.4 is 0 Å². The Kier molecular flexibility index (Phi) is 5.44. The Morgan fingerprint density at radius 3 is 2.35 bits per heavy atom. The van der Waals surface area contributed by atoms with Gasteiger partial charge in [-0.2, -0.15) is 0 Å². The van der Waals surface area contributed by atoms with E-state index in [1.54, 1.807) is 6.33 Å². The molecule has 23 heavy (non-hydrogen) atoms. The smallest absolute Gasteiger partial charge is 0.254 e. The fourth-order valence-corrected chi connectivity index (χ4v) is 2.16. The molecule has 1 amide bonds. The van der Waals surface area contributed by atoms with Crippen LogP contribution >= 0.6 is 0 Å². The minimum atomic E-state index is -0.767. The number of nitrogens with zero attached hydrogens (tertiary/aromatic N) is 3. The number of aryl methyl sites for hydroxylation is 1. The molecule has 0 saturated heterocycles. The summed E-state index contributed by atoms with van der Waals surface area (Å²) >= 11 is 0. The molecule has 2 aromatic rings. The Morgan fingerprint density at radius 2 is 1.83 bits per heavy atom. The van der Waals surface area contributed by atoms with Gasteiger partial charge in [-0.15, -0.1) is 0 Å². The summed E-state index contributed by atoms with van der Waals surface area (Å²) in [6.45, 7) is 3.20. The van der Waals surface area contributed by atoms with Gasteiger partial charge >= 0.3 is 0 Å². The van der Waals surface area contributed by atoms with Gasteiger partial charge in [0.25, 0.3) is 5.91 Å².